The van der Waals surface area contributed by atoms with Crippen LogP contribution >= 0.6 is 0 Å². The van der Waals surface area contributed by atoms with Gasteiger partial charge in [0.2, 0.25) is 0 Å². The van der Waals surface area contributed by atoms with E-state index in [9.17, 15) is 34.8 Å². The summed E-state index contributed by atoms with van der Waals surface area (Å²) < 4.78 is 31.5. The molecule has 4 N–H and O–H groups in total. The number of para-hydroxylation sites is 2. The second kappa shape index (κ2) is 34.9. The van der Waals surface area contributed by atoms with E-state index in [1.165, 1.54) is 42.0 Å². The van der Waals surface area contributed by atoms with E-state index in [2.05, 4.69) is 130 Å². The Morgan fingerprint density at radius 2 is 0.625 bits per heavy atom. The van der Waals surface area contributed by atoms with Gasteiger partial charge < -0.3 is 48.8 Å². The van der Waals surface area contributed by atoms with Crippen LogP contribution in [0.15, 0.2) is 255 Å². The van der Waals surface area contributed by atoms with Crippen LogP contribution in [0.3, 0.4) is 0 Å². The molecule has 0 radical (unpaired) electrons. The third kappa shape index (κ3) is 20.7. The molecule has 542 valence electrons. The van der Waals surface area contributed by atoms with Crippen molar-refractivity contribution < 1.29 is 63.2 Å². The van der Waals surface area contributed by atoms with Crippen LogP contribution in [0.2, 0.25) is 0 Å². The fraction of sp³-hybridized carbons (Fsp3) is 0.308. The molecule has 2 fully saturated rings. The maximum atomic E-state index is 12.7. The van der Waals surface area contributed by atoms with E-state index >= 15 is 0 Å². The largest absolute Gasteiger partial charge is 0.519 e. The SMILES string of the molecule is CC(C)(c1ccc(O)cc1)c1ccc(O)cc1.CC(C)C1CCC(C)(c2ccc(O)cc2)CC1c1ccc(O)cc1.COc1ccc(C2(C)CCC(C(C)C)C(c3ccc(OC(=O)Oc4ccc(C(C)(C)c5ccc(OC(C)=O)cc5)cc4)cc3)C2)cc1.O=C(Oc1ccccc1)Oc1ccccc1. The molecule has 0 bridgehead atoms. The first kappa shape index (κ1) is 77.4. The summed E-state index contributed by atoms with van der Waals surface area (Å²) in [6.07, 6.45) is 5.33. The van der Waals surface area contributed by atoms with Crippen LogP contribution in [0.5, 0.6) is 57.5 Å². The summed E-state index contributed by atoms with van der Waals surface area (Å²) in [6.45, 7) is 23.8. The Labute approximate surface area is 614 Å². The molecule has 2 saturated carbocycles. The fourth-order valence-electron chi connectivity index (χ4n) is 14.6. The first-order valence-electron chi connectivity index (χ1n) is 35.8. The average molecular weight is 1400 g/mol. The number of carbonyl (C=O) groups is 3. The van der Waals surface area contributed by atoms with Crippen molar-refractivity contribution in [2.24, 2.45) is 23.7 Å². The third-order valence-corrected chi connectivity index (χ3v) is 21.0. The molecule has 0 heterocycles. The van der Waals surface area contributed by atoms with Crippen LogP contribution < -0.4 is 28.4 Å². The van der Waals surface area contributed by atoms with Crippen LogP contribution in [0.25, 0.3) is 0 Å². The van der Waals surface area contributed by atoms with Crippen LogP contribution in [-0.4, -0.2) is 45.8 Å². The number of phenols is 4. The van der Waals surface area contributed by atoms with Crippen molar-refractivity contribution in [3.8, 4) is 57.5 Å². The van der Waals surface area contributed by atoms with Gasteiger partial charge in [-0.2, -0.15) is 0 Å². The minimum Gasteiger partial charge on any atom is -0.508 e. The number of hydrogen-bond acceptors (Lipinski definition) is 13. The number of carbonyl (C=O) groups excluding carboxylic acids is 3. The van der Waals surface area contributed by atoms with Crippen LogP contribution in [0.4, 0.5) is 9.59 Å². The molecule has 6 atom stereocenters. The average Bonchev–Trinajstić information content (AvgIpc) is 0.781. The predicted octanol–water partition coefficient (Wildman–Crippen LogP) is 22.3. The van der Waals surface area contributed by atoms with E-state index in [0.717, 1.165) is 53.7 Å². The number of aromatic hydroxyl groups is 4. The molecule has 0 aliphatic heterocycles. The zero-order valence-electron chi connectivity index (χ0n) is 61.9. The van der Waals surface area contributed by atoms with Gasteiger partial charge in [0.1, 0.15) is 57.5 Å². The lowest BCUT2D eigenvalue weighted by atomic mass is 9.59. The van der Waals surface area contributed by atoms with Gasteiger partial charge in [-0.3, -0.25) is 4.79 Å². The van der Waals surface area contributed by atoms with E-state index in [-0.39, 0.29) is 39.1 Å². The quantitative estimate of drug-likeness (QED) is 0.0407. The number of phenolic OH excluding ortho intramolecular Hbond substituents is 4. The maximum Gasteiger partial charge on any atom is 0.519 e. The number of benzene rings is 10. The lowest BCUT2D eigenvalue weighted by Gasteiger charge is -2.45. The zero-order valence-corrected chi connectivity index (χ0v) is 61.9. The van der Waals surface area contributed by atoms with Crippen LogP contribution in [0.1, 0.15) is 171 Å². The van der Waals surface area contributed by atoms with Crippen molar-refractivity contribution in [3.63, 3.8) is 0 Å². The lowest BCUT2D eigenvalue weighted by Crippen LogP contribution is -2.35. The molecule has 10 aromatic rings. The van der Waals surface area contributed by atoms with Gasteiger partial charge in [-0.05, 0) is 251 Å². The first-order valence-corrected chi connectivity index (χ1v) is 35.8. The number of hydrogen-bond donors (Lipinski definition) is 4. The van der Waals surface area contributed by atoms with Crippen LogP contribution in [0, 0.1) is 23.7 Å². The monoisotopic (exact) mass is 1400 g/mol. The highest BCUT2D eigenvalue weighted by molar-refractivity contribution is 5.69. The molecule has 2 aliphatic rings. The van der Waals surface area contributed by atoms with Gasteiger partial charge in [0.25, 0.3) is 0 Å². The molecule has 0 amide bonds. The van der Waals surface area contributed by atoms with E-state index in [4.69, 9.17) is 28.4 Å². The van der Waals surface area contributed by atoms with Gasteiger partial charge in [-0.1, -0.05) is 203 Å². The molecule has 2 aliphatic carbocycles. The van der Waals surface area contributed by atoms with Crippen LogP contribution in [-0.2, 0) is 26.5 Å². The predicted molar refractivity (Wildman–Crippen MR) is 411 cm³/mol. The van der Waals surface area contributed by atoms with Gasteiger partial charge >= 0.3 is 18.3 Å². The minimum atomic E-state index is -0.782. The molecule has 13 heteroatoms. The Bertz CT molecular complexity index is 4240. The molecule has 13 nitrogen and oxygen atoms in total. The summed E-state index contributed by atoms with van der Waals surface area (Å²) in [5.74, 6) is 7.36. The van der Waals surface area contributed by atoms with Crippen molar-refractivity contribution in [1.29, 1.82) is 0 Å². The maximum absolute atomic E-state index is 12.7. The standard InChI is InChI=1S/C41H46O6.C22H28O2.C15H16O2.C13H10O3/c1-27(2)37-24-25-41(6,32-14-18-33(44-7)19-15-32)26-38(37)29-8-16-35(17-9-29)46-39(43)47-36-22-12-31(13-23-36)40(4,5)30-10-20-34(21-11-30)45-28(3)42;1-15(2)20-12-13-22(3,17-6-10-19(24)11-7-17)14-21(20)16-4-8-18(23)9-5-16;1-15(2,11-3-7-13(16)8-4-11)12-5-9-14(17)10-6-12;14-13(15-11-7-3-1-4-8-11)16-12-9-5-2-6-10-12/h8-23,27,37-38H,24-26H2,1-7H3;4-11,15,20-21,23-24H,12-14H2,1-3H3;3-10,16-17H,1-2H3;1-10H. The van der Waals surface area contributed by atoms with E-state index < -0.39 is 12.3 Å². The van der Waals surface area contributed by atoms with Crippen molar-refractivity contribution in [2.45, 2.75) is 148 Å². The Morgan fingerprint density at radius 1 is 0.365 bits per heavy atom. The number of ether oxygens (including phenoxy) is 6. The minimum absolute atomic E-state index is 0.0714. The highest BCUT2D eigenvalue weighted by Crippen LogP contribution is 2.53. The first-order chi connectivity index (χ1) is 49.6. The molecule has 0 aromatic heterocycles. The number of esters is 1. The zero-order chi connectivity index (χ0) is 74.8. The van der Waals surface area contributed by atoms with Gasteiger partial charge in [-0.15, -0.1) is 0 Å². The van der Waals surface area contributed by atoms with Gasteiger partial charge in [0.15, 0.2) is 0 Å². The Kier molecular flexibility index (Phi) is 26.0. The van der Waals surface area contributed by atoms with E-state index in [0.29, 0.717) is 75.8 Å². The smallest absolute Gasteiger partial charge is 0.508 e. The van der Waals surface area contributed by atoms with Crippen molar-refractivity contribution in [2.75, 3.05) is 7.11 Å². The summed E-state index contributed by atoms with van der Waals surface area (Å²) in [7, 11) is 1.70. The van der Waals surface area contributed by atoms with Crippen molar-refractivity contribution in [3.05, 3.63) is 299 Å². The Hall–Kier alpha value is -10.8. The summed E-state index contributed by atoms with van der Waals surface area (Å²) in [6, 6.07) is 78.8. The molecule has 0 spiro atoms. The lowest BCUT2D eigenvalue weighted by molar-refractivity contribution is -0.131. The molecule has 10 aromatic carbocycles. The van der Waals surface area contributed by atoms with Gasteiger partial charge in [0.05, 0.1) is 7.11 Å². The normalized spacial score (nSPS) is 18.5. The highest BCUT2D eigenvalue weighted by Gasteiger charge is 2.42. The Morgan fingerprint density at radius 3 is 0.942 bits per heavy atom. The molecule has 104 heavy (non-hydrogen) atoms. The third-order valence-electron chi connectivity index (χ3n) is 21.0. The van der Waals surface area contributed by atoms with E-state index in [1.807, 2.05) is 72.8 Å². The summed E-state index contributed by atoms with van der Waals surface area (Å²) >= 11 is 0. The molecule has 12 rings (SSSR count). The van der Waals surface area contributed by atoms with Gasteiger partial charge in [0, 0.05) is 17.8 Å². The Balaban J connectivity index is 0.000000181. The summed E-state index contributed by atoms with van der Waals surface area (Å²) in [5, 5.41) is 37.8. The van der Waals surface area contributed by atoms with Crippen molar-refractivity contribution >= 4 is 18.3 Å². The molecular formula is C91H100O13. The second-order valence-corrected chi connectivity index (χ2v) is 29.6. The molecule has 6 unspecified atom stereocenters. The highest BCUT2D eigenvalue weighted by atomic mass is 16.7. The summed E-state index contributed by atoms with van der Waals surface area (Å²) in [4.78, 5) is 35.3. The summed E-state index contributed by atoms with van der Waals surface area (Å²) in [5.41, 5.74) is 9.33. The van der Waals surface area contributed by atoms with E-state index in [1.54, 1.807) is 128 Å². The fourth-order valence-corrected chi connectivity index (χ4v) is 14.6. The molecule has 0 saturated heterocycles. The van der Waals surface area contributed by atoms with Gasteiger partial charge in [-0.25, -0.2) is 9.59 Å². The number of rotatable bonds is 16. The topological polar surface area (TPSA) is 188 Å². The second-order valence-electron chi connectivity index (χ2n) is 29.6. The molecular weight excluding hydrogens is 1300 g/mol. The van der Waals surface area contributed by atoms with Crippen molar-refractivity contribution in [1.82, 2.24) is 0 Å². The number of methoxy groups -OCH3 is 1.